The fraction of sp³-hybridized carbons (Fsp3) is 0.385. The van der Waals surface area contributed by atoms with Crippen LogP contribution >= 0.6 is 0 Å². The van der Waals surface area contributed by atoms with Gasteiger partial charge in [0.05, 0.1) is 0 Å². The van der Waals surface area contributed by atoms with Crippen LogP contribution < -0.4 is 4.74 Å². The number of rotatable bonds is 3. The Hall–Kier alpha value is -1.42. The molecule has 0 aliphatic heterocycles. The van der Waals surface area contributed by atoms with Crippen molar-refractivity contribution in [1.29, 1.82) is 0 Å². The third-order valence-corrected chi connectivity index (χ3v) is 2.19. The average molecular weight is 188 g/mol. The summed E-state index contributed by atoms with van der Waals surface area (Å²) < 4.78 is 5.44. The Labute approximate surface area is 86.1 Å². The van der Waals surface area contributed by atoms with Crippen molar-refractivity contribution in [3.05, 3.63) is 29.3 Å². The van der Waals surface area contributed by atoms with Gasteiger partial charge in [0.2, 0.25) is 0 Å². The molecule has 74 valence electrons. The van der Waals surface area contributed by atoms with Gasteiger partial charge >= 0.3 is 0 Å². The first kappa shape index (κ1) is 10.7. The van der Waals surface area contributed by atoms with E-state index in [1.165, 1.54) is 5.56 Å². The molecule has 1 aromatic rings. The minimum Gasteiger partial charge on any atom is -0.481 e. The van der Waals surface area contributed by atoms with Crippen molar-refractivity contribution in [2.24, 2.45) is 0 Å². The quantitative estimate of drug-likeness (QED) is 0.662. The molecule has 14 heavy (non-hydrogen) atoms. The summed E-state index contributed by atoms with van der Waals surface area (Å²) in [6.07, 6.45) is 5.15. The van der Waals surface area contributed by atoms with Crippen molar-refractivity contribution in [1.82, 2.24) is 0 Å². The van der Waals surface area contributed by atoms with Crippen molar-refractivity contribution in [2.75, 3.05) is 6.61 Å². The second kappa shape index (κ2) is 4.72. The standard InChI is InChI=1S/C13H16O/c1-5-8-14-13-9-12(10(2)3)7-6-11(13)4/h1,6-7,9-10H,8H2,2-4H3. The molecule has 0 amide bonds. The minimum atomic E-state index is 0.336. The monoisotopic (exact) mass is 188 g/mol. The van der Waals surface area contributed by atoms with Crippen LogP contribution in [0.3, 0.4) is 0 Å². The molecule has 0 saturated heterocycles. The molecule has 0 radical (unpaired) electrons. The zero-order valence-electron chi connectivity index (χ0n) is 9.00. The fourth-order valence-electron chi connectivity index (χ4n) is 1.25. The van der Waals surface area contributed by atoms with Crippen LogP contribution in [0, 0.1) is 19.3 Å². The maximum Gasteiger partial charge on any atom is 0.148 e. The van der Waals surface area contributed by atoms with Gasteiger partial charge in [0.25, 0.3) is 0 Å². The second-order valence-electron chi connectivity index (χ2n) is 3.67. The third-order valence-electron chi connectivity index (χ3n) is 2.19. The van der Waals surface area contributed by atoms with Gasteiger partial charge in [-0.3, -0.25) is 0 Å². The van der Waals surface area contributed by atoms with Crippen LogP contribution in [-0.4, -0.2) is 6.61 Å². The molecule has 1 nitrogen and oxygen atoms in total. The fourth-order valence-corrected chi connectivity index (χ4v) is 1.25. The van der Waals surface area contributed by atoms with E-state index in [4.69, 9.17) is 11.2 Å². The number of benzene rings is 1. The van der Waals surface area contributed by atoms with Crippen LogP contribution in [0.15, 0.2) is 18.2 Å². The molecular formula is C13H16O. The maximum atomic E-state index is 5.44. The van der Waals surface area contributed by atoms with Crippen LogP contribution in [0.4, 0.5) is 0 Å². The number of hydrogen-bond acceptors (Lipinski definition) is 1. The summed E-state index contributed by atoms with van der Waals surface area (Å²) in [5.41, 5.74) is 2.41. The molecule has 1 aromatic carbocycles. The van der Waals surface area contributed by atoms with E-state index in [0.717, 1.165) is 11.3 Å². The average Bonchev–Trinajstić information content (AvgIpc) is 2.16. The Bertz CT molecular complexity index is 345. The van der Waals surface area contributed by atoms with E-state index in [9.17, 15) is 0 Å². The number of hydrogen-bond donors (Lipinski definition) is 0. The van der Waals surface area contributed by atoms with Gasteiger partial charge in [-0.2, -0.15) is 0 Å². The van der Waals surface area contributed by atoms with Crippen molar-refractivity contribution in [3.8, 4) is 18.1 Å². The molecule has 1 heteroatoms. The van der Waals surface area contributed by atoms with Crippen molar-refractivity contribution >= 4 is 0 Å². The first-order valence-electron chi connectivity index (χ1n) is 4.82. The zero-order chi connectivity index (χ0) is 10.6. The Morgan fingerprint density at radius 1 is 1.43 bits per heavy atom. The molecule has 0 atom stereocenters. The smallest absolute Gasteiger partial charge is 0.148 e. The number of ether oxygens (including phenoxy) is 1. The maximum absolute atomic E-state index is 5.44. The van der Waals surface area contributed by atoms with Crippen molar-refractivity contribution in [3.63, 3.8) is 0 Å². The van der Waals surface area contributed by atoms with Crippen molar-refractivity contribution in [2.45, 2.75) is 26.7 Å². The number of aryl methyl sites for hydroxylation is 1. The highest BCUT2D eigenvalue weighted by Crippen LogP contribution is 2.23. The molecule has 0 heterocycles. The largest absolute Gasteiger partial charge is 0.481 e. The lowest BCUT2D eigenvalue weighted by Gasteiger charge is -2.10. The SMILES string of the molecule is C#CCOc1cc(C(C)C)ccc1C. The molecule has 0 bridgehead atoms. The third kappa shape index (κ3) is 2.53. The molecule has 0 unspecified atom stereocenters. The van der Waals surface area contributed by atoms with Gasteiger partial charge in [0.1, 0.15) is 12.4 Å². The van der Waals surface area contributed by atoms with E-state index >= 15 is 0 Å². The lowest BCUT2D eigenvalue weighted by atomic mass is 10.0. The Kier molecular flexibility index (Phi) is 3.59. The summed E-state index contributed by atoms with van der Waals surface area (Å²) in [5, 5.41) is 0. The topological polar surface area (TPSA) is 9.23 Å². The summed E-state index contributed by atoms with van der Waals surface area (Å²) in [6, 6.07) is 6.27. The summed E-state index contributed by atoms with van der Waals surface area (Å²) >= 11 is 0. The van der Waals surface area contributed by atoms with Crippen molar-refractivity contribution < 1.29 is 4.74 Å². The molecule has 0 aromatic heterocycles. The Morgan fingerprint density at radius 2 is 2.14 bits per heavy atom. The van der Waals surface area contributed by atoms with Gasteiger partial charge in [-0.15, -0.1) is 6.42 Å². The summed E-state index contributed by atoms with van der Waals surface area (Å²) in [4.78, 5) is 0. The predicted octanol–water partition coefficient (Wildman–Crippen LogP) is 3.13. The van der Waals surface area contributed by atoms with Crippen LogP contribution in [0.25, 0.3) is 0 Å². The van der Waals surface area contributed by atoms with Crippen LogP contribution in [0.2, 0.25) is 0 Å². The molecule has 0 saturated carbocycles. The van der Waals surface area contributed by atoms with Crippen LogP contribution in [0.5, 0.6) is 5.75 Å². The highest BCUT2D eigenvalue weighted by molar-refractivity contribution is 5.37. The molecule has 0 aliphatic rings. The van der Waals surface area contributed by atoms with Gasteiger partial charge in [-0.25, -0.2) is 0 Å². The van der Waals surface area contributed by atoms with Gasteiger partial charge in [-0.05, 0) is 30.0 Å². The van der Waals surface area contributed by atoms with Crippen LogP contribution in [0.1, 0.15) is 30.9 Å². The molecule has 0 spiro atoms. The van der Waals surface area contributed by atoms with E-state index in [2.05, 4.69) is 38.0 Å². The summed E-state index contributed by atoms with van der Waals surface area (Å²) in [7, 11) is 0. The normalized spacial score (nSPS) is 9.93. The first-order chi connectivity index (χ1) is 6.65. The Morgan fingerprint density at radius 3 is 2.71 bits per heavy atom. The van der Waals surface area contributed by atoms with Crippen LogP contribution in [-0.2, 0) is 0 Å². The van der Waals surface area contributed by atoms with E-state index < -0.39 is 0 Å². The Balaban J connectivity index is 2.91. The zero-order valence-corrected chi connectivity index (χ0v) is 9.00. The number of terminal acetylenes is 1. The lowest BCUT2D eigenvalue weighted by molar-refractivity contribution is 0.367. The van der Waals surface area contributed by atoms with Gasteiger partial charge in [-0.1, -0.05) is 31.9 Å². The van der Waals surface area contributed by atoms with Gasteiger partial charge < -0.3 is 4.74 Å². The second-order valence-corrected chi connectivity index (χ2v) is 3.67. The van der Waals surface area contributed by atoms with E-state index in [-0.39, 0.29) is 0 Å². The molecule has 0 aliphatic carbocycles. The summed E-state index contributed by atoms with van der Waals surface area (Å²) in [6.45, 7) is 6.68. The summed E-state index contributed by atoms with van der Waals surface area (Å²) in [5.74, 6) is 3.88. The molecule has 0 fully saturated rings. The predicted molar refractivity (Wildman–Crippen MR) is 59.6 cm³/mol. The van der Waals surface area contributed by atoms with E-state index in [1.807, 2.05) is 6.92 Å². The minimum absolute atomic E-state index is 0.336. The highest BCUT2D eigenvalue weighted by Gasteiger charge is 2.03. The van der Waals surface area contributed by atoms with E-state index in [0.29, 0.717) is 12.5 Å². The lowest BCUT2D eigenvalue weighted by Crippen LogP contribution is -1.97. The highest BCUT2D eigenvalue weighted by atomic mass is 16.5. The van der Waals surface area contributed by atoms with E-state index in [1.54, 1.807) is 0 Å². The van der Waals surface area contributed by atoms with Gasteiger partial charge in [0.15, 0.2) is 0 Å². The molecular weight excluding hydrogens is 172 g/mol. The van der Waals surface area contributed by atoms with Gasteiger partial charge in [0, 0.05) is 0 Å². The molecule has 0 N–H and O–H groups in total. The first-order valence-corrected chi connectivity index (χ1v) is 4.82. The molecule has 1 rings (SSSR count).